The second-order valence-electron chi connectivity index (χ2n) is 13.1. The number of fused-ring (bicyclic) bond motifs is 1. The number of pyridine rings is 1. The first-order valence-electron chi connectivity index (χ1n) is 17.7. The maximum atomic E-state index is 13.8. The summed E-state index contributed by atoms with van der Waals surface area (Å²) >= 11 is 0. The molecule has 1 aromatic heterocycles. The van der Waals surface area contributed by atoms with Gasteiger partial charge in [-0.2, -0.15) is 0 Å². The summed E-state index contributed by atoms with van der Waals surface area (Å²) in [5, 5.41) is 37.0. The Hall–Kier alpha value is -5.65. The van der Waals surface area contributed by atoms with Crippen LogP contribution < -0.4 is 20.9 Å². The molecule has 0 radical (unpaired) electrons. The Kier molecular flexibility index (Phi) is 11.8. The fraction of sp³-hybridized carbons (Fsp3) is 0.293. The van der Waals surface area contributed by atoms with E-state index < -0.39 is 18.2 Å². The summed E-state index contributed by atoms with van der Waals surface area (Å²) in [4.78, 5) is 41.7. The van der Waals surface area contributed by atoms with Gasteiger partial charge in [-0.1, -0.05) is 73.5 Å². The molecule has 0 spiro atoms. The van der Waals surface area contributed by atoms with Crippen molar-refractivity contribution in [3.8, 4) is 11.5 Å². The normalized spacial score (nSPS) is 14.2. The van der Waals surface area contributed by atoms with Crippen LogP contribution in [0.15, 0.2) is 108 Å². The van der Waals surface area contributed by atoms with Crippen molar-refractivity contribution in [2.75, 3.05) is 19.6 Å². The van der Waals surface area contributed by atoms with E-state index in [0.717, 1.165) is 42.4 Å². The molecule has 52 heavy (non-hydrogen) atoms. The van der Waals surface area contributed by atoms with Gasteiger partial charge in [-0.15, -0.1) is 0 Å². The molecule has 0 saturated heterocycles. The van der Waals surface area contributed by atoms with Gasteiger partial charge < -0.3 is 40.6 Å². The summed E-state index contributed by atoms with van der Waals surface area (Å²) in [5.74, 6) is 0.547. The lowest BCUT2D eigenvalue weighted by atomic mass is 9.98. The van der Waals surface area contributed by atoms with Crippen LogP contribution in [-0.2, 0) is 6.61 Å². The van der Waals surface area contributed by atoms with Gasteiger partial charge in [0.15, 0.2) is 0 Å². The Balaban J connectivity index is 1.03. The molecule has 2 amide bonds. The van der Waals surface area contributed by atoms with Crippen molar-refractivity contribution >= 4 is 22.9 Å². The molecule has 1 heterocycles. The number of carbonyl (C=O) groups is 2. The average molecular weight is 705 g/mol. The highest BCUT2D eigenvalue weighted by molar-refractivity contribution is 5.94. The Bertz CT molecular complexity index is 2030. The Labute approximate surface area is 301 Å². The third kappa shape index (κ3) is 8.98. The number of H-pyrrole nitrogens is 1. The van der Waals surface area contributed by atoms with Crippen LogP contribution in [0.25, 0.3) is 10.9 Å². The Morgan fingerprint density at radius 2 is 1.65 bits per heavy atom. The molecule has 4 aromatic carbocycles. The van der Waals surface area contributed by atoms with Gasteiger partial charge >= 0.3 is 6.09 Å². The number of hydrogen-bond donors (Lipinski definition) is 6. The number of benzene rings is 4. The van der Waals surface area contributed by atoms with Crippen LogP contribution in [0.5, 0.6) is 11.5 Å². The number of nitrogens with zero attached hydrogens (tertiary/aromatic N) is 1. The first-order valence-corrected chi connectivity index (χ1v) is 17.7. The van der Waals surface area contributed by atoms with Crippen LogP contribution in [-0.4, -0.2) is 62.9 Å². The fourth-order valence-corrected chi connectivity index (χ4v) is 6.93. The number of rotatable bonds is 15. The minimum absolute atomic E-state index is 0.00505. The molecule has 5 aromatic rings. The number of carboxylic acid groups (broad SMARTS) is 1. The van der Waals surface area contributed by atoms with Crippen LogP contribution >= 0.6 is 0 Å². The summed E-state index contributed by atoms with van der Waals surface area (Å²) in [6.07, 6.45) is 2.89. The predicted molar refractivity (Wildman–Crippen MR) is 199 cm³/mol. The molecule has 0 bridgehead atoms. The van der Waals surface area contributed by atoms with Crippen molar-refractivity contribution in [2.24, 2.45) is 0 Å². The van der Waals surface area contributed by atoms with E-state index in [4.69, 9.17) is 4.74 Å². The first kappa shape index (κ1) is 36.2. The third-order valence-electron chi connectivity index (χ3n) is 9.58. The van der Waals surface area contributed by atoms with Crippen molar-refractivity contribution < 1.29 is 29.6 Å². The molecule has 0 aliphatic heterocycles. The van der Waals surface area contributed by atoms with Crippen LogP contribution in [0.2, 0.25) is 0 Å². The van der Waals surface area contributed by atoms with Crippen molar-refractivity contribution in [3.05, 3.63) is 141 Å². The van der Waals surface area contributed by atoms with Gasteiger partial charge in [0.1, 0.15) is 18.1 Å². The molecule has 1 aliphatic rings. The van der Waals surface area contributed by atoms with Crippen LogP contribution in [0, 0.1) is 0 Å². The standard InChI is InChI=1S/C41H44N4O7/c46-35-20-18-33(34-19-21-37(48)43-39(34)35)36(47)25-42-22-7-23-45(31-11-4-5-12-31)40(49)29-16-14-27(15-17-29)26-52-32-13-6-10-30(24-32)38(44-41(50)51)28-8-2-1-3-9-28/h1-3,6,8-10,13-21,24,31,36,38,42,44,46-47H,4-5,7,11-12,22-23,25-26H2,(H,43,48)(H,50,51)/t36-,38?/m1/s1. The van der Waals surface area contributed by atoms with Gasteiger partial charge in [-0.05, 0) is 84.5 Å². The monoisotopic (exact) mass is 704 g/mol. The molecule has 6 rings (SSSR count). The first-order chi connectivity index (χ1) is 25.3. The lowest BCUT2D eigenvalue weighted by Gasteiger charge is -2.29. The van der Waals surface area contributed by atoms with E-state index in [1.165, 1.54) is 12.1 Å². The second kappa shape index (κ2) is 17.0. The number of amides is 2. The quantitative estimate of drug-likeness (QED) is 0.0695. The van der Waals surface area contributed by atoms with Gasteiger partial charge in [-0.25, -0.2) is 4.79 Å². The SMILES string of the molecule is O=C(O)NC(c1ccccc1)c1cccc(OCc2ccc(C(=O)N(CCCNC[C@@H](O)c3ccc(O)c4[nH]c(=O)ccc34)C3CCCC3)cc2)c1. The van der Waals surface area contributed by atoms with E-state index >= 15 is 0 Å². The van der Waals surface area contributed by atoms with E-state index in [-0.39, 0.29) is 36.4 Å². The molecule has 11 nitrogen and oxygen atoms in total. The molecule has 2 atom stereocenters. The topological polar surface area (TPSA) is 164 Å². The number of aliphatic hydroxyl groups excluding tert-OH is 1. The summed E-state index contributed by atoms with van der Waals surface area (Å²) in [7, 11) is 0. The summed E-state index contributed by atoms with van der Waals surface area (Å²) in [5.41, 5.74) is 3.66. The number of nitrogens with one attached hydrogen (secondary N) is 3. The molecule has 11 heteroatoms. The van der Waals surface area contributed by atoms with E-state index in [2.05, 4.69) is 15.6 Å². The highest BCUT2D eigenvalue weighted by Crippen LogP contribution is 2.29. The third-order valence-corrected chi connectivity index (χ3v) is 9.58. The molecule has 1 fully saturated rings. The number of aliphatic hydroxyl groups is 1. The largest absolute Gasteiger partial charge is 0.506 e. The number of carbonyl (C=O) groups excluding carboxylic acids is 1. The zero-order valence-corrected chi connectivity index (χ0v) is 28.8. The minimum atomic E-state index is -1.12. The van der Waals surface area contributed by atoms with Crippen LogP contribution in [0.3, 0.4) is 0 Å². The zero-order chi connectivity index (χ0) is 36.5. The molecule has 270 valence electrons. The fourth-order valence-electron chi connectivity index (χ4n) is 6.93. The summed E-state index contributed by atoms with van der Waals surface area (Å²) in [6, 6.07) is 29.9. The molecule has 1 aliphatic carbocycles. The maximum Gasteiger partial charge on any atom is 0.405 e. The Morgan fingerprint density at radius 3 is 2.40 bits per heavy atom. The number of phenolic OH excluding ortho intramolecular Hbond substituents is 1. The van der Waals surface area contributed by atoms with E-state index in [0.29, 0.717) is 47.3 Å². The van der Waals surface area contributed by atoms with Gasteiger partial charge in [-0.3, -0.25) is 9.59 Å². The van der Waals surface area contributed by atoms with Crippen molar-refractivity contribution in [3.63, 3.8) is 0 Å². The Morgan fingerprint density at radius 1 is 0.904 bits per heavy atom. The average Bonchev–Trinajstić information content (AvgIpc) is 3.70. The zero-order valence-electron chi connectivity index (χ0n) is 28.8. The lowest BCUT2D eigenvalue weighted by Crippen LogP contribution is -2.40. The number of aromatic nitrogens is 1. The number of ether oxygens (including phenoxy) is 1. The van der Waals surface area contributed by atoms with E-state index in [1.807, 2.05) is 83.8 Å². The van der Waals surface area contributed by atoms with Gasteiger partial charge in [0.05, 0.1) is 17.7 Å². The maximum absolute atomic E-state index is 13.8. The van der Waals surface area contributed by atoms with Crippen LogP contribution in [0.4, 0.5) is 4.79 Å². The van der Waals surface area contributed by atoms with Gasteiger partial charge in [0, 0.05) is 36.1 Å². The van der Waals surface area contributed by atoms with Crippen molar-refractivity contribution in [1.82, 2.24) is 20.5 Å². The van der Waals surface area contributed by atoms with Crippen molar-refractivity contribution in [1.29, 1.82) is 0 Å². The van der Waals surface area contributed by atoms with E-state index in [9.17, 15) is 29.7 Å². The number of aromatic hydroxyl groups is 1. The second-order valence-corrected chi connectivity index (χ2v) is 13.1. The molecule has 6 N–H and O–H groups in total. The highest BCUT2D eigenvalue weighted by Gasteiger charge is 2.27. The predicted octanol–water partition coefficient (Wildman–Crippen LogP) is 6.27. The lowest BCUT2D eigenvalue weighted by molar-refractivity contribution is 0.0678. The molecular weight excluding hydrogens is 660 g/mol. The summed E-state index contributed by atoms with van der Waals surface area (Å²) < 4.78 is 6.08. The van der Waals surface area contributed by atoms with Crippen molar-refractivity contribution in [2.45, 2.75) is 56.9 Å². The number of aromatic amines is 1. The van der Waals surface area contributed by atoms with E-state index in [1.54, 1.807) is 12.1 Å². The number of phenols is 1. The molecule has 1 unspecified atom stereocenters. The smallest absolute Gasteiger partial charge is 0.405 e. The summed E-state index contributed by atoms with van der Waals surface area (Å²) in [6.45, 7) is 1.73. The number of hydrogen-bond acceptors (Lipinski definition) is 7. The molecular formula is C41H44N4O7. The van der Waals surface area contributed by atoms with Crippen LogP contribution in [0.1, 0.15) is 76.9 Å². The van der Waals surface area contributed by atoms with Gasteiger partial charge in [0.2, 0.25) is 5.56 Å². The highest BCUT2D eigenvalue weighted by atomic mass is 16.5. The van der Waals surface area contributed by atoms with Gasteiger partial charge in [0.25, 0.3) is 5.91 Å². The molecule has 1 saturated carbocycles. The minimum Gasteiger partial charge on any atom is -0.506 e.